The lowest BCUT2D eigenvalue weighted by molar-refractivity contribution is -0.178. The normalized spacial score (nSPS) is 34.7. The summed E-state index contributed by atoms with van der Waals surface area (Å²) in [6.07, 6.45) is -0.988. The molecule has 0 aromatic carbocycles. The average Bonchev–Trinajstić information content (AvgIpc) is 2.35. The second-order valence-corrected chi connectivity index (χ2v) is 5.03. The highest BCUT2D eigenvalue weighted by atomic mass is 16.6. The van der Waals surface area contributed by atoms with Crippen molar-refractivity contribution in [2.75, 3.05) is 13.2 Å². The van der Waals surface area contributed by atoms with Gasteiger partial charge in [0.05, 0.1) is 18.8 Å². The Morgan fingerprint density at radius 1 is 1.32 bits per heavy atom. The molecule has 1 rings (SSSR count). The van der Waals surface area contributed by atoms with E-state index in [9.17, 15) is 9.59 Å². The number of hydrogen-bond donors (Lipinski definition) is 2. The zero-order valence-electron chi connectivity index (χ0n) is 12.0. The van der Waals surface area contributed by atoms with E-state index in [1.165, 1.54) is 6.92 Å². The topological polar surface area (TPSA) is 90.7 Å². The van der Waals surface area contributed by atoms with Gasteiger partial charge in [-0.3, -0.25) is 4.79 Å². The van der Waals surface area contributed by atoms with Crippen molar-refractivity contribution in [3.63, 3.8) is 0 Å². The molecule has 3 unspecified atom stereocenters. The van der Waals surface area contributed by atoms with Crippen molar-refractivity contribution < 1.29 is 19.1 Å². The van der Waals surface area contributed by atoms with Crippen molar-refractivity contribution in [2.45, 2.75) is 45.9 Å². The number of carbonyl (C=O) groups excluding carboxylic acids is 2. The highest BCUT2D eigenvalue weighted by Gasteiger charge is 2.45. The van der Waals surface area contributed by atoms with E-state index in [2.05, 4.69) is 5.32 Å². The van der Waals surface area contributed by atoms with Crippen LogP contribution in [0.15, 0.2) is 0 Å². The minimum Gasteiger partial charge on any atom is -0.464 e. The summed E-state index contributed by atoms with van der Waals surface area (Å²) in [5, 5.41) is 2.79. The SMILES string of the molecule is CCOC(=O)C1OC(CN)[C@@H](C)[C@H](C)C1NC(C)=O. The standard InChI is InChI=1S/C13H24N2O4/c1-5-18-13(17)12-11(15-9(4)16)8(3)7(2)10(6-14)19-12/h7-8,10-12H,5-6,14H2,1-4H3,(H,15,16)/t7-,8-,10?,11?,12?/m0/s1. The van der Waals surface area contributed by atoms with Crippen molar-refractivity contribution in [3.8, 4) is 0 Å². The molecule has 0 saturated carbocycles. The van der Waals surface area contributed by atoms with Crippen molar-refractivity contribution in [1.82, 2.24) is 5.32 Å². The van der Waals surface area contributed by atoms with Crippen LogP contribution in [0.3, 0.4) is 0 Å². The summed E-state index contributed by atoms with van der Waals surface area (Å²) in [7, 11) is 0. The summed E-state index contributed by atoms with van der Waals surface area (Å²) in [4.78, 5) is 23.3. The molecule has 110 valence electrons. The molecule has 3 N–H and O–H groups in total. The predicted octanol–water partition coefficient (Wildman–Crippen LogP) is 0.0525. The molecule has 19 heavy (non-hydrogen) atoms. The van der Waals surface area contributed by atoms with E-state index in [-0.39, 0.29) is 36.5 Å². The Hall–Kier alpha value is -1.14. The molecule has 0 aromatic heterocycles. The van der Waals surface area contributed by atoms with Crippen LogP contribution in [0, 0.1) is 11.8 Å². The molecular formula is C13H24N2O4. The van der Waals surface area contributed by atoms with Gasteiger partial charge in [0.25, 0.3) is 0 Å². The van der Waals surface area contributed by atoms with Crippen LogP contribution in [-0.2, 0) is 19.1 Å². The molecule has 1 heterocycles. The molecule has 0 radical (unpaired) electrons. The van der Waals surface area contributed by atoms with Crippen LogP contribution in [0.4, 0.5) is 0 Å². The van der Waals surface area contributed by atoms with Crippen LogP contribution in [0.25, 0.3) is 0 Å². The lowest BCUT2D eigenvalue weighted by Gasteiger charge is -2.43. The molecule has 1 aliphatic heterocycles. The minimum absolute atomic E-state index is 0.0839. The monoisotopic (exact) mass is 272 g/mol. The highest BCUT2D eigenvalue weighted by molar-refractivity contribution is 5.78. The number of hydrogen-bond acceptors (Lipinski definition) is 5. The molecule has 6 heteroatoms. The Morgan fingerprint density at radius 3 is 2.42 bits per heavy atom. The van der Waals surface area contributed by atoms with Gasteiger partial charge >= 0.3 is 5.97 Å². The van der Waals surface area contributed by atoms with E-state index in [1.54, 1.807) is 6.92 Å². The molecule has 5 atom stereocenters. The van der Waals surface area contributed by atoms with Crippen molar-refractivity contribution >= 4 is 11.9 Å². The predicted molar refractivity (Wildman–Crippen MR) is 70.3 cm³/mol. The number of ether oxygens (including phenoxy) is 2. The van der Waals surface area contributed by atoms with Gasteiger partial charge in [0.2, 0.25) is 5.91 Å². The third-order valence-corrected chi connectivity index (χ3v) is 3.75. The number of nitrogens with one attached hydrogen (secondary N) is 1. The lowest BCUT2D eigenvalue weighted by atomic mass is 9.79. The Labute approximate surface area is 114 Å². The first kappa shape index (κ1) is 15.9. The Morgan fingerprint density at radius 2 is 1.95 bits per heavy atom. The average molecular weight is 272 g/mol. The first-order valence-electron chi connectivity index (χ1n) is 6.71. The zero-order chi connectivity index (χ0) is 14.6. The molecule has 0 aromatic rings. The first-order valence-corrected chi connectivity index (χ1v) is 6.71. The van der Waals surface area contributed by atoms with E-state index in [4.69, 9.17) is 15.2 Å². The first-order chi connectivity index (χ1) is 8.92. The Bertz CT molecular complexity index is 335. The fourth-order valence-electron chi connectivity index (χ4n) is 2.48. The second kappa shape index (κ2) is 6.86. The smallest absolute Gasteiger partial charge is 0.337 e. The van der Waals surface area contributed by atoms with Crippen LogP contribution >= 0.6 is 0 Å². The Balaban J connectivity index is 2.92. The van der Waals surface area contributed by atoms with E-state index in [0.29, 0.717) is 6.54 Å². The number of rotatable bonds is 4. The van der Waals surface area contributed by atoms with E-state index >= 15 is 0 Å². The largest absolute Gasteiger partial charge is 0.464 e. The van der Waals surface area contributed by atoms with Gasteiger partial charge in [0.15, 0.2) is 6.10 Å². The second-order valence-electron chi connectivity index (χ2n) is 5.03. The van der Waals surface area contributed by atoms with Crippen LogP contribution < -0.4 is 11.1 Å². The third kappa shape index (κ3) is 3.67. The molecule has 1 amide bonds. The van der Waals surface area contributed by atoms with Gasteiger partial charge in [-0.25, -0.2) is 4.79 Å². The highest BCUT2D eigenvalue weighted by Crippen LogP contribution is 2.31. The van der Waals surface area contributed by atoms with Gasteiger partial charge in [-0.15, -0.1) is 0 Å². The van der Waals surface area contributed by atoms with Gasteiger partial charge in [-0.1, -0.05) is 13.8 Å². The molecule has 6 nitrogen and oxygen atoms in total. The number of carbonyl (C=O) groups is 2. The van der Waals surface area contributed by atoms with Gasteiger partial charge in [0, 0.05) is 13.5 Å². The van der Waals surface area contributed by atoms with Gasteiger partial charge in [0.1, 0.15) is 0 Å². The number of esters is 1. The summed E-state index contributed by atoms with van der Waals surface area (Å²) < 4.78 is 10.7. The van der Waals surface area contributed by atoms with Crippen LogP contribution in [-0.4, -0.2) is 43.3 Å². The van der Waals surface area contributed by atoms with Crippen LogP contribution in [0.5, 0.6) is 0 Å². The number of nitrogens with two attached hydrogens (primary N) is 1. The van der Waals surface area contributed by atoms with E-state index in [0.717, 1.165) is 0 Å². The number of amides is 1. The fourth-order valence-corrected chi connectivity index (χ4v) is 2.48. The molecule has 0 bridgehead atoms. The van der Waals surface area contributed by atoms with E-state index in [1.807, 2.05) is 13.8 Å². The molecule has 1 saturated heterocycles. The Kier molecular flexibility index (Phi) is 5.75. The van der Waals surface area contributed by atoms with Crippen molar-refractivity contribution in [2.24, 2.45) is 17.6 Å². The van der Waals surface area contributed by atoms with Crippen LogP contribution in [0.2, 0.25) is 0 Å². The maximum Gasteiger partial charge on any atom is 0.337 e. The third-order valence-electron chi connectivity index (χ3n) is 3.75. The van der Waals surface area contributed by atoms with Crippen molar-refractivity contribution in [3.05, 3.63) is 0 Å². The summed E-state index contributed by atoms with van der Waals surface area (Å²) in [5.74, 6) is -0.389. The van der Waals surface area contributed by atoms with Crippen LogP contribution in [0.1, 0.15) is 27.7 Å². The lowest BCUT2D eigenvalue weighted by Crippen LogP contribution is -2.60. The van der Waals surface area contributed by atoms with Crippen molar-refractivity contribution in [1.29, 1.82) is 0 Å². The molecular weight excluding hydrogens is 248 g/mol. The summed E-state index contributed by atoms with van der Waals surface area (Å²) in [6.45, 7) is 7.78. The molecule has 0 aliphatic carbocycles. The zero-order valence-corrected chi connectivity index (χ0v) is 12.0. The fraction of sp³-hybridized carbons (Fsp3) is 0.846. The summed E-state index contributed by atoms with van der Waals surface area (Å²) >= 11 is 0. The molecule has 1 fully saturated rings. The maximum absolute atomic E-state index is 12.0. The summed E-state index contributed by atoms with van der Waals surface area (Å²) in [5.41, 5.74) is 5.67. The molecule has 1 aliphatic rings. The van der Waals surface area contributed by atoms with Gasteiger partial charge in [-0.05, 0) is 18.8 Å². The summed E-state index contributed by atoms with van der Waals surface area (Å²) in [6, 6.07) is -0.380. The molecule has 0 spiro atoms. The van der Waals surface area contributed by atoms with E-state index < -0.39 is 12.1 Å². The minimum atomic E-state index is -0.788. The van der Waals surface area contributed by atoms with Gasteiger partial charge < -0.3 is 20.5 Å². The maximum atomic E-state index is 12.0. The van der Waals surface area contributed by atoms with Gasteiger partial charge in [-0.2, -0.15) is 0 Å². The quantitative estimate of drug-likeness (QED) is 0.706.